The maximum atomic E-state index is 8.76. The fourth-order valence-electron chi connectivity index (χ4n) is 3.56. The number of nitriles is 1. The molecule has 0 unspecified atom stereocenters. The van der Waals surface area contributed by atoms with Crippen LogP contribution in [0.5, 0.6) is 0 Å². The fourth-order valence-corrected chi connectivity index (χ4v) is 3.56. The molecule has 0 saturated carbocycles. The smallest absolute Gasteiger partial charge is 0.153 e. The van der Waals surface area contributed by atoms with Crippen molar-refractivity contribution in [2.24, 2.45) is 0 Å². The van der Waals surface area contributed by atoms with Crippen LogP contribution >= 0.6 is 0 Å². The summed E-state index contributed by atoms with van der Waals surface area (Å²) in [5.74, 6) is 2.29. The Labute approximate surface area is 164 Å². The molecule has 1 aliphatic heterocycles. The summed E-state index contributed by atoms with van der Waals surface area (Å²) in [6.45, 7) is 4.82. The van der Waals surface area contributed by atoms with E-state index < -0.39 is 0 Å². The first kappa shape index (κ1) is 18.2. The number of hydrogen-bond donors (Lipinski definition) is 3. The van der Waals surface area contributed by atoms with Crippen LogP contribution in [0.15, 0.2) is 30.5 Å². The number of H-pyrrole nitrogens is 1. The topological polar surface area (TPSA) is 106 Å². The number of hydrogen-bond acceptors (Lipinski definition) is 7. The average Bonchev–Trinajstić information content (AvgIpc) is 3.12. The number of piperidine rings is 1. The summed E-state index contributed by atoms with van der Waals surface area (Å²) >= 11 is 0. The Kier molecular flexibility index (Phi) is 5.35. The summed E-state index contributed by atoms with van der Waals surface area (Å²) in [5.41, 5.74) is 1.88. The standard InChI is InChI=1S/C20H24N8/c1-14-12-19(27-26-14)24-18-13-17-16(4-2-8-22-17)20(25-18)23-15-5-10-28(11-6-15)9-3-7-21/h2,4,8,12-13,15H,3,5-6,9-11H2,1H3,(H3,23,24,25,26,27). The van der Waals surface area contributed by atoms with E-state index in [1.165, 1.54) is 0 Å². The Bertz CT molecular complexity index is 981. The van der Waals surface area contributed by atoms with Crippen LogP contribution in [0, 0.1) is 18.3 Å². The molecule has 8 heteroatoms. The van der Waals surface area contributed by atoms with Gasteiger partial charge in [0.1, 0.15) is 11.6 Å². The lowest BCUT2D eigenvalue weighted by Crippen LogP contribution is -2.39. The van der Waals surface area contributed by atoms with Crippen molar-refractivity contribution in [1.29, 1.82) is 5.26 Å². The van der Waals surface area contributed by atoms with Crippen LogP contribution in [0.4, 0.5) is 17.5 Å². The van der Waals surface area contributed by atoms with Crippen molar-refractivity contribution in [3.63, 3.8) is 0 Å². The molecule has 3 aromatic rings. The summed E-state index contributed by atoms with van der Waals surface area (Å²) in [5, 5.41) is 23.8. The molecular formula is C20H24N8. The molecule has 0 aromatic carbocycles. The molecule has 144 valence electrons. The van der Waals surface area contributed by atoms with Crippen molar-refractivity contribution in [3.8, 4) is 6.07 Å². The van der Waals surface area contributed by atoms with Crippen LogP contribution in [0.3, 0.4) is 0 Å². The Morgan fingerprint density at radius 2 is 2.14 bits per heavy atom. The molecule has 1 saturated heterocycles. The summed E-state index contributed by atoms with van der Waals surface area (Å²) in [6, 6.07) is 10.4. The first-order valence-corrected chi connectivity index (χ1v) is 9.62. The first-order valence-electron chi connectivity index (χ1n) is 9.62. The van der Waals surface area contributed by atoms with Crippen molar-refractivity contribution < 1.29 is 0 Å². The van der Waals surface area contributed by atoms with E-state index in [0.717, 1.165) is 60.7 Å². The van der Waals surface area contributed by atoms with E-state index in [9.17, 15) is 0 Å². The van der Waals surface area contributed by atoms with Gasteiger partial charge in [-0.15, -0.1) is 0 Å². The minimum Gasteiger partial charge on any atom is -0.367 e. The zero-order valence-corrected chi connectivity index (χ0v) is 15.9. The highest BCUT2D eigenvalue weighted by Crippen LogP contribution is 2.27. The Balaban J connectivity index is 1.52. The third kappa shape index (κ3) is 4.21. The van der Waals surface area contributed by atoms with Gasteiger partial charge in [0.2, 0.25) is 0 Å². The van der Waals surface area contributed by atoms with Crippen molar-refractivity contribution in [3.05, 3.63) is 36.2 Å². The summed E-state index contributed by atoms with van der Waals surface area (Å²) in [6.07, 6.45) is 4.45. The van der Waals surface area contributed by atoms with Crippen LogP contribution in [0.25, 0.3) is 10.9 Å². The number of rotatable bonds is 6. The number of nitrogens with zero attached hydrogens (tertiary/aromatic N) is 5. The van der Waals surface area contributed by atoms with Gasteiger partial charge in [-0.1, -0.05) is 0 Å². The molecule has 1 aliphatic rings. The molecule has 0 atom stereocenters. The zero-order valence-electron chi connectivity index (χ0n) is 15.9. The average molecular weight is 376 g/mol. The predicted molar refractivity (Wildman–Crippen MR) is 109 cm³/mol. The van der Waals surface area contributed by atoms with Crippen molar-refractivity contribution >= 4 is 28.4 Å². The molecule has 0 radical (unpaired) electrons. The Hall–Kier alpha value is -3.18. The maximum Gasteiger partial charge on any atom is 0.153 e. The first-order chi connectivity index (χ1) is 13.7. The van der Waals surface area contributed by atoms with Crippen LogP contribution < -0.4 is 10.6 Å². The third-order valence-electron chi connectivity index (χ3n) is 5.03. The van der Waals surface area contributed by atoms with Gasteiger partial charge in [-0.2, -0.15) is 10.4 Å². The molecular weight excluding hydrogens is 352 g/mol. The fraction of sp³-hybridized carbons (Fsp3) is 0.400. The zero-order chi connectivity index (χ0) is 19.3. The Morgan fingerprint density at radius 3 is 2.89 bits per heavy atom. The van der Waals surface area contributed by atoms with Crippen LogP contribution in [0.1, 0.15) is 25.0 Å². The molecule has 0 spiro atoms. The van der Waals surface area contributed by atoms with Crippen LogP contribution in [-0.4, -0.2) is 50.7 Å². The van der Waals surface area contributed by atoms with Crippen molar-refractivity contribution in [2.45, 2.75) is 32.2 Å². The molecule has 1 fully saturated rings. The number of anilines is 3. The number of aromatic amines is 1. The van der Waals surface area contributed by atoms with Gasteiger partial charge in [0, 0.05) is 61.5 Å². The summed E-state index contributed by atoms with van der Waals surface area (Å²) in [4.78, 5) is 11.7. The minimum atomic E-state index is 0.358. The van der Waals surface area contributed by atoms with E-state index in [1.807, 2.05) is 31.2 Å². The van der Waals surface area contributed by atoms with E-state index in [4.69, 9.17) is 10.2 Å². The van der Waals surface area contributed by atoms with Gasteiger partial charge in [0.25, 0.3) is 0 Å². The highest BCUT2D eigenvalue weighted by atomic mass is 15.2. The van der Waals surface area contributed by atoms with Gasteiger partial charge in [-0.3, -0.25) is 10.1 Å². The lowest BCUT2D eigenvalue weighted by Gasteiger charge is -2.32. The highest BCUT2D eigenvalue weighted by Gasteiger charge is 2.20. The monoisotopic (exact) mass is 376 g/mol. The second-order valence-corrected chi connectivity index (χ2v) is 7.16. The number of aromatic nitrogens is 4. The number of aryl methyl sites for hydroxylation is 1. The highest BCUT2D eigenvalue weighted by molar-refractivity contribution is 5.91. The number of pyridine rings is 2. The van der Waals surface area contributed by atoms with Gasteiger partial charge in [-0.05, 0) is 31.9 Å². The molecule has 4 rings (SSSR count). The van der Waals surface area contributed by atoms with E-state index in [2.05, 4.69) is 36.8 Å². The SMILES string of the molecule is Cc1cc(Nc2cc3ncccc3c(NC3CCN(CCC#N)CC3)n2)n[nH]1. The van der Waals surface area contributed by atoms with Crippen LogP contribution in [-0.2, 0) is 0 Å². The number of fused-ring (bicyclic) bond motifs is 1. The summed E-state index contributed by atoms with van der Waals surface area (Å²) in [7, 11) is 0. The Morgan fingerprint density at radius 1 is 1.29 bits per heavy atom. The molecule has 4 heterocycles. The van der Waals surface area contributed by atoms with E-state index in [-0.39, 0.29) is 0 Å². The van der Waals surface area contributed by atoms with E-state index in [1.54, 1.807) is 6.20 Å². The predicted octanol–water partition coefficient (Wildman–Crippen LogP) is 3.19. The molecule has 28 heavy (non-hydrogen) atoms. The normalized spacial score (nSPS) is 15.4. The van der Waals surface area contributed by atoms with Gasteiger partial charge in [0.05, 0.1) is 11.6 Å². The third-order valence-corrected chi connectivity index (χ3v) is 5.03. The van der Waals surface area contributed by atoms with E-state index >= 15 is 0 Å². The second kappa shape index (κ2) is 8.23. The molecule has 0 amide bonds. The quantitative estimate of drug-likeness (QED) is 0.606. The minimum absolute atomic E-state index is 0.358. The largest absolute Gasteiger partial charge is 0.367 e. The maximum absolute atomic E-state index is 8.76. The van der Waals surface area contributed by atoms with Gasteiger partial charge < -0.3 is 15.5 Å². The lowest BCUT2D eigenvalue weighted by molar-refractivity contribution is 0.223. The van der Waals surface area contributed by atoms with Gasteiger partial charge in [-0.25, -0.2) is 4.98 Å². The summed E-state index contributed by atoms with van der Waals surface area (Å²) < 4.78 is 0. The molecule has 3 aromatic heterocycles. The molecule has 3 N–H and O–H groups in total. The number of nitrogens with one attached hydrogen (secondary N) is 3. The molecule has 8 nitrogen and oxygen atoms in total. The van der Waals surface area contributed by atoms with Crippen molar-refractivity contribution in [2.75, 3.05) is 30.3 Å². The van der Waals surface area contributed by atoms with Crippen molar-refractivity contribution in [1.82, 2.24) is 25.1 Å². The van der Waals surface area contributed by atoms with Gasteiger partial charge in [0.15, 0.2) is 5.82 Å². The molecule has 0 bridgehead atoms. The second-order valence-electron chi connectivity index (χ2n) is 7.16. The lowest BCUT2D eigenvalue weighted by atomic mass is 10.0. The van der Waals surface area contributed by atoms with Gasteiger partial charge >= 0.3 is 0 Å². The van der Waals surface area contributed by atoms with Crippen LogP contribution in [0.2, 0.25) is 0 Å². The molecule has 0 aliphatic carbocycles. The number of likely N-dealkylation sites (tertiary alicyclic amines) is 1. The van der Waals surface area contributed by atoms with E-state index in [0.29, 0.717) is 18.3 Å².